The maximum atomic E-state index is 13.0. The molecule has 142 valence electrons. The van der Waals surface area contributed by atoms with Gasteiger partial charge in [0.15, 0.2) is 0 Å². The van der Waals surface area contributed by atoms with Crippen LogP contribution in [0.2, 0.25) is 0 Å². The van der Waals surface area contributed by atoms with Crippen molar-refractivity contribution in [2.75, 3.05) is 0 Å². The van der Waals surface area contributed by atoms with Gasteiger partial charge >= 0.3 is 5.97 Å². The first-order chi connectivity index (χ1) is 12.3. The number of carbonyl (C=O) groups excluding carboxylic acids is 2. The average Bonchev–Trinajstić information content (AvgIpc) is 3.10. The van der Waals surface area contributed by atoms with Gasteiger partial charge in [-0.2, -0.15) is 0 Å². The Morgan fingerprint density at radius 1 is 1.23 bits per heavy atom. The molecule has 0 radical (unpaired) electrons. The summed E-state index contributed by atoms with van der Waals surface area (Å²) in [5.41, 5.74) is -0.0133. The van der Waals surface area contributed by atoms with E-state index >= 15 is 0 Å². The molecule has 5 nitrogen and oxygen atoms in total. The maximum absolute atomic E-state index is 13.0. The van der Waals surface area contributed by atoms with Crippen LogP contribution in [-0.4, -0.2) is 40.3 Å². The molecule has 4 unspecified atom stereocenters. The quantitative estimate of drug-likeness (QED) is 0.552. The molecule has 26 heavy (non-hydrogen) atoms. The molecular weight excluding hydrogens is 332 g/mol. The van der Waals surface area contributed by atoms with Crippen molar-refractivity contribution < 1.29 is 24.5 Å². The summed E-state index contributed by atoms with van der Waals surface area (Å²) in [6, 6.07) is 0. The van der Waals surface area contributed by atoms with Crippen LogP contribution in [0.1, 0.15) is 52.4 Å². The Balaban J connectivity index is 1.57. The molecule has 0 aromatic heterocycles. The van der Waals surface area contributed by atoms with Crippen LogP contribution < -0.4 is 0 Å². The highest BCUT2D eigenvalue weighted by molar-refractivity contribution is 5.85. The van der Waals surface area contributed by atoms with E-state index in [-0.39, 0.29) is 23.2 Å². The molecule has 2 bridgehead atoms. The van der Waals surface area contributed by atoms with Crippen molar-refractivity contribution in [2.24, 2.45) is 34.5 Å². The molecule has 0 aromatic rings. The first-order valence-corrected chi connectivity index (χ1v) is 10.1. The van der Waals surface area contributed by atoms with Crippen molar-refractivity contribution in [3.63, 3.8) is 0 Å². The van der Waals surface area contributed by atoms with E-state index in [2.05, 4.69) is 6.92 Å². The van der Waals surface area contributed by atoms with Crippen LogP contribution in [0.4, 0.5) is 0 Å². The fourth-order valence-corrected chi connectivity index (χ4v) is 7.74. The topological polar surface area (TPSA) is 83.8 Å². The van der Waals surface area contributed by atoms with Crippen molar-refractivity contribution in [3.05, 3.63) is 11.6 Å². The maximum Gasteiger partial charge on any atom is 0.317 e. The Morgan fingerprint density at radius 2 is 2.00 bits per heavy atom. The molecule has 5 aliphatic rings. The standard InChI is InChI=1S/C21H28O5/c1-10(22)12-5-6-13-11-3-4-15-17(23)18(24)16-9-21(15,19(25)26-16)14(11)7-8-20(12,13)2/h4,11-14,16-18,23-24H,3,5-9H2,1-2H3/t11?,12?,13?,14?,16-,17+,18-,20+,21-/m0/s1. The summed E-state index contributed by atoms with van der Waals surface area (Å²) in [5, 5.41) is 20.9. The minimum absolute atomic E-state index is 0.0314. The summed E-state index contributed by atoms with van der Waals surface area (Å²) in [4.78, 5) is 25.2. The fourth-order valence-electron chi connectivity index (χ4n) is 7.74. The van der Waals surface area contributed by atoms with Gasteiger partial charge in [0, 0.05) is 12.3 Å². The fraction of sp³-hybridized carbons (Fsp3) is 0.810. The predicted molar refractivity (Wildman–Crippen MR) is 92.9 cm³/mol. The normalized spacial score (nSPS) is 54.7. The van der Waals surface area contributed by atoms with Gasteiger partial charge in [0.1, 0.15) is 24.1 Å². The third kappa shape index (κ3) is 1.79. The van der Waals surface area contributed by atoms with Crippen LogP contribution in [0.3, 0.4) is 0 Å². The van der Waals surface area contributed by atoms with Gasteiger partial charge in [0.2, 0.25) is 0 Å². The van der Waals surface area contributed by atoms with E-state index in [1.165, 1.54) is 0 Å². The highest BCUT2D eigenvalue weighted by Crippen LogP contribution is 2.68. The van der Waals surface area contributed by atoms with E-state index in [1.807, 2.05) is 6.08 Å². The number of aliphatic hydroxyl groups excluding tert-OH is 2. The molecule has 4 aliphatic carbocycles. The molecule has 0 amide bonds. The molecule has 2 N–H and O–H groups in total. The van der Waals surface area contributed by atoms with Crippen LogP contribution in [0.5, 0.6) is 0 Å². The monoisotopic (exact) mass is 360 g/mol. The number of ketones is 1. The van der Waals surface area contributed by atoms with E-state index < -0.39 is 23.7 Å². The largest absolute Gasteiger partial charge is 0.459 e. The van der Waals surface area contributed by atoms with Gasteiger partial charge < -0.3 is 14.9 Å². The van der Waals surface area contributed by atoms with Gasteiger partial charge in [-0.1, -0.05) is 13.0 Å². The van der Waals surface area contributed by atoms with Gasteiger partial charge in [-0.25, -0.2) is 0 Å². The van der Waals surface area contributed by atoms with E-state index in [0.29, 0.717) is 29.6 Å². The van der Waals surface area contributed by atoms with Crippen molar-refractivity contribution >= 4 is 11.8 Å². The van der Waals surface area contributed by atoms with Crippen LogP contribution in [0.25, 0.3) is 0 Å². The van der Waals surface area contributed by atoms with Crippen LogP contribution >= 0.6 is 0 Å². The zero-order valence-electron chi connectivity index (χ0n) is 15.5. The number of ether oxygens (including phenoxy) is 1. The second kappa shape index (κ2) is 5.20. The van der Waals surface area contributed by atoms with Gasteiger partial charge in [-0.15, -0.1) is 0 Å². The molecule has 4 fully saturated rings. The number of carbonyl (C=O) groups is 2. The van der Waals surface area contributed by atoms with Gasteiger partial charge in [-0.05, 0) is 67.8 Å². The van der Waals surface area contributed by atoms with E-state index in [4.69, 9.17) is 4.74 Å². The highest BCUT2D eigenvalue weighted by atomic mass is 16.6. The smallest absolute Gasteiger partial charge is 0.317 e. The van der Waals surface area contributed by atoms with Crippen LogP contribution in [-0.2, 0) is 14.3 Å². The molecule has 0 aromatic carbocycles. The van der Waals surface area contributed by atoms with Crippen molar-refractivity contribution in [1.29, 1.82) is 0 Å². The first kappa shape index (κ1) is 16.9. The lowest BCUT2D eigenvalue weighted by atomic mass is 9.46. The molecule has 9 atom stereocenters. The molecule has 1 saturated heterocycles. The number of Topliss-reactive ketones (excluding diaryl/α,β-unsaturated/α-hetero) is 1. The lowest BCUT2D eigenvalue weighted by Gasteiger charge is -2.56. The number of hydrogen-bond acceptors (Lipinski definition) is 5. The molecule has 5 rings (SSSR count). The summed E-state index contributed by atoms with van der Waals surface area (Å²) in [6.07, 6.45) is 4.59. The van der Waals surface area contributed by atoms with Gasteiger partial charge in [0.25, 0.3) is 0 Å². The van der Waals surface area contributed by atoms with Crippen molar-refractivity contribution in [3.8, 4) is 0 Å². The van der Waals surface area contributed by atoms with E-state index in [0.717, 1.165) is 32.1 Å². The number of rotatable bonds is 1. The lowest BCUT2D eigenvalue weighted by molar-refractivity contribution is -0.154. The predicted octanol–water partition coefficient (Wildman–Crippen LogP) is 2.00. The Bertz CT molecular complexity index is 713. The molecule has 1 aliphatic heterocycles. The Hall–Kier alpha value is -1.20. The minimum atomic E-state index is -1.01. The van der Waals surface area contributed by atoms with E-state index in [1.54, 1.807) is 6.92 Å². The SMILES string of the molecule is CC(=O)C1CCC2C3CC=C4[C@@H](O)[C@@H](O)[C@@H]5C[C@]4(C(=O)O5)C3CC[C@]12C. The zero-order chi connectivity index (χ0) is 18.4. The number of aliphatic hydroxyl groups is 2. The third-order valence-electron chi connectivity index (χ3n) is 8.85. The minimum Gasteiger partial charge on any atom is -0.459 e. The first-order valence-electron chi connectivity index (χ1n) is 10.1. The van der Waals surface area contributed by atoms with Crippen molar-refractivity contribution in [2.45, 2.75) is 70.7 Å². The van der Waals surface area contributed by atoms with Crippen molar-refractivity contribution in [1.82, 2.24) is 0 Å². The summed E-state index contributed by atoms with van der Waals surface area (Å²) in [7, 11) is 0. The Kier molecular flexibility index (Phi) is 3.38. The molecule has 5 heteroatoms. The van der Waals surface area contributed by atoms with Gasteiger partial charge in [0.05, 0.1) is 5.41 Å². The molecular formula is C21H28O5. The number of esters is 1. The third-order valence-corrected chi connectivity index (χ3v) is 8.85. The number of hydrogen-bond donors (Lipinski definition) is 2. The second-order valence-electron chi connectivity index (χ2n) is 9.61. The Labute approximate surface area is 153 Å². The Morgan fingerprint density at radius 3 is 2.73 bits per heavy atom. The second-order valence-corrected chi connectivity index (χ2v) is 9.61. The lowest BCUT2D eigenvalue weighted by Crippen LogP contribution is -2.56. The average molecular weight is 360 g/mol. The zero-order valence-corrected chi connectivity index (χ0v) is 15.5. The number of allylic oxidation sites excluding steroid dienone is 1. The highest BCUT2D eigenvalue weighted by Gasteiger charge is 2.69. The summed E-state index contributed by atoms with van der Waals surface area (Å²) >= 11 is 0. The van der Waals surface area contributed by atoms with E-state index in [9.17, 15) is 19.8 Å². The molecule has 3 saturated carbocycles. The molecule has 1 heterocycles. The van der Waals surface area contributed by atoms with Crippen LogP contribution in [0, 0.1) is 34.5 Å². The molecule has 1 spiro atoms. The van der Waals surface area contributed by atoms with Gasteiger partial charge in [-0.3, -0.25) is 9.59 Å². The number of fused-ring (bicyclic) bond motifs is 4. The summed E-state index contributed by atoms with van der Waals surface area (Å²) < 4.78 is 5.53. The summed E-state index contributed by atoms with van der Waals surface area (Å²) in [5.74, 6) is 1.15. The summed E-state index contributed by atoms with van der Waals surface area (Å²) in [6.45, 7) is 4.00. The van der Waals surface area contributed by atoms with Crippen LogP contribution in [0.15, 0.2) is 11.6 Å².